The first kappa shape index (κ1) is 23.9. The quantitative estimate of drug-likeness (QED) is 0.360. The number of hydrogen-bond acceptors (Lipinski definition) is 7. The number of aromatic carboxylic acids is 1. The number of rotatable bonds is 9. The number of carbonyl (C=O) groups is 3. The van der Waals surface area contributed by atoms with Crippen LogP contribution < -0.4 is 15.8 Å². The predicted octanol–water partition coefficient (Wildman–Crippen LogP) is -0.841. The van der Waals surface area contributed by atoms with Crippen LogP contribution in [0.15, 0.2) is 12.1 Å². The maximum atomic E-state index is 12.4. The molecule has 0 bridgehead atoms. The normalized spacial score (nSPS) is 22.2. The summed E-state index contributed by atoms with van der Waals surface area (Å²) < 4.78 is 5.85. The highest BCUT2D eigenvalue weighted by molar-refractivity contribution is 6.54. The fourth-order valence-electron chi connectivity index (χ4n) is 3.78. The number of nitrogens with one attached hydrogen (secondary N) is 1. The zero-order chi connectivity index (χ0) is 23.8. The number of nitrogens with two attached hydrogens (primary N) is 1. The van der Waals surface area contributed by atoms with E-state index in [0.29, 0.717) is 18.7 Å². The van der Waals surface area contributed by atoms with Crippen molar-refractivity contribution in [2.45, 2.75) is 37.1 Å². The molecule has 0 unspecified atom stereocenters. The third kappa shape index (κ3) is 4.99. The Morgan fingerprint density at radius 3 is 2.53 bits per heavy atom. The van der Waals surface area contributed by atoms with Gasteiger partial charge in [-0.3, -0.25) is 14.5 Å². The topological polar surface area (TPSA) is 145 Å². The average Bonchev–Trinajstić information content (AvgIpc) is 3.41. The number of benzene rings is 1. The van der Waals surface area contributed by atoms with Crippen molar-refractivity contribution in [1.82, 2.24) is 15.1 Å². The van der Waals surface area contributed by atoms with Crippen molar-refractivity contribution >= 4 is 25.1 Å². The standard InChI is InChI=1S/C21H31BN4O6/c1-20(10-22-20)13-5-6-14(16(17(13)28)18(29)30)32-12-8-26(9-12)11-21(2,23)19(31)24-7-15(27)25(3)4/h5-6,12,22,28H,7-11,23H2,1-4H3,(H,24,31)(H,29,30)/t20-,21-/m0/s1. The van der Waals surface area contributed by atoms with Gasteiger partial charge in [0.2, 0.25) is 11.8 Å². The smallest absolute Gasteiger partial charge is 0.343 e. The minimum absolute atomic E-state index is 0.124. The monoisotopic (exact) mass is 446 g/mol. The molecule has 1 aromatic rings. The molecule has 32 heavy (non-hydrogen) atoms. The van der Waals surface area contributed by atoms with Gasteiger partial charge >= 0.3 is 5.97 Å². The second-order valence-corrected chi connectivity index (χ2v) is 9.52. The van der Waals surface area contributed by atoms with Crippen molar-refractivity contribution in [2.24, 2.45) is 5.73 Å². The van der Waals surface area contributed by atoms with Crippen molar-refractivity contribution in [3.05, 3.63) is 23.3 Å². The number of nitrogens with zero attached hydrogens (tertiary/aromatic N) is 2. The van der Waals surface area contributed by atoms with Crippen LogP contribution in [-0.4, -0.2) is 97.0 Å². The Bertz CT molecular complexity index is 925. The largest absolute Gasteiger partial charge is 0.507 e. The van der Waals surface area contributed by atoms with Crippen molar-refractivity contribution in [3.63, 3.8) is 0 Å². The van der Waals surface area contributed by atoms with Gasteiger partial charge in [-0.1, -0.05) is 19.3 Å². The highest BCUT2D eigenvalue weighted by atomic mass is 16.5. The van der Waals surface area contributed by atoms with Crippen LogP contribution in [0.1, 0.15) is 29.8 Å². The minimum Gasteiger partial charge on any atom is -0.507 e. The summed E-state index contributed by atoms with van der Waals surface area (Å²) in [6.07, 6.45) is 0.621. The maximum absolute atomic E-state index is 12.4. The van der Waals surface area contributed by atoms with Gasteiger partial charge in [-0.15, -0.1) is 0 Å². The lowest BCUT2D eigenvalue weighted by Gasteiger charge is -2.42. The van der Waals surface area contributed by atoms with Crippen LogP contribution >= 0.6 is 0 Å². The Labute approximate surface area is 187 Å². The minimum atomic E-state index is -1.24. The van der Waals surface area contributed by atoms with Crippen LogP contribution in [-0.2, 0) is 14.9 Å². The summed E-state index contributed by atoms with van der Waals surface area (Å²) in [6, 6.07) is 3.34. The van der Waals surface area contributed by atoms with Crippen molar-refractivity contribution in [3.8, 4) is 11.5 Å². The Balaban J connectivity index is 1.56. The summed E-state index contributed by atoms with van der Waals surface area (Å²) in [5.74, 6) is -2.00. The molecule has 1 aromatic carbocycles. The van der Waals surface area contributed by atoms with E-state index in [-0.39, 0.29) is 47.5 Å². The Morgan fingerprint density at radius 2 is 2.00 bits per heavy atom. The average molecular weight is 446 g/mol. The van der Waals surface area contributed by atoms with E-state index in [2.05, 4.69) is 5.32 Å². The molecule has 5 N–H and O–H groups in total. The third-order valence-electron chi connectivity index (χ3n) is 6.19. The Kier molecular flexibility index (Phi) is 6.44. The van der Waals surface area contributed by atoms with Gasteiger partial charge in [0, 0.05) is 33.7 Å². The molecule has 2 amide bonds. The van der Waals surface area contributed by atoms with Gasteiger partial charge in [0.25, 0.3) is 0 Å². The molecule has 2 fully saturated rings. The first-order valence-electron chi connectivity index (χ1n) is 10.6. The van der Waals surface area contributed by atoms with Crippen LogP contribution in [0.4, 0.5) is 0 Å². The van der Waals surface area contributed by atoms with Crippen molar-refractivity contribution < 1.29 is 29.3 Å². The number of aromatic hydroxyl groups is 1. The van der Waals surface area contributed by atoms with Gasteiger partial charge in [-0.05, 0) is 23.9 Å². The second kappa shape index (κ2) is 8.63. The fourth-order valence-corrected chi connectivity index (χ4v) is 3.78. The first-order valence-corrected chi connectivity index (χ1v) is 10.6. The van der Waals surface area contributed by atoms with Crippen molar-refractivity contribution in [2.75, 3.05) is 40.3 Å². The summed E-state index contributed by atoms with van der Waals surface area (Å²) in [6.45, 7) is 4.62. The summed E-state index contributed by atoms with van der Waals surface area (Å²) >= 11 is 0. The predicted molar refractivity (Wildman–Crippen MR) is 120 cm³/mol. The van der Waals surface area contributed by atoms with Crippen LogP contribution in [0, 0.1) is 0 Å². The van der Waals surface area contributed by atoms with E-state index in [4.69, 9.17) is 10.5 Å². The number of carboxylic acid groups (broad SMARTS) is 1. The molecule has 2 heterocycles. The van der Waals surface area contributed by atoms with E-state index in [9.17, 15) is 24.6 Å². The van der Waals surface area contributed by atoms with E-state index < -0.39 is 17.4 Å². The Hall–Kier alpha value is -2.79. The number of carboxylic acids is 1. The molecule has 2 saturated heterocycles. The number of amides is 2. The fraction of sp³-hybridized carbons (Fsp3) is 0.571. The number of carbonyl (C=O) groups excluding carboxylic acids is 2. The highest BCUT2D eigenvalue weighted by Gasteiger charge is 2.44. The van der Waals surface area contributed by atoms with Gasteiger partial charge in [0.1, 0.15) is 36.0 Å². The molecule has 174 valence electrons. The zero-order valence-corrected chi connectivity index (χ0v) is 19.0. The number of likely N-dealkylation sites (N-methyl/N-ethyl adjacent to an activating group) is 1. The van der Waals surface area contributed by atoms with E-state index in [1.165, 1.54) is 4.90 Å². The summed E-state index contributed by atoms with van der Waals surface area (Å²) in [5.41, 5.74) is 5.36. The SMILES string of the molecule is CN(C)C(=O)CNC(=O)[C@@](C)(N)CN1CC(Oc2ccc([C@@]3(C)BC3)c(O)c2C(=O)O)C1. The van der Waals surface area contributed by atoms with Gasteiger partial charge in [-0.25, -0.2) is 4.79 Å². The van der Waals surface area contributed by atoms with E-state index in [1.807, 2.05) is 11.8 Å². The molecule has 0 spiro atoms. The molecule has 2 atom stereocenters. The molecule has 3 rings (SSSR count). The summed E-state index contributed by atoms with van der Waals surface area (Å²) in [7, 11) is 4.11. The first-order chi connectivity index (χ1) is 14.8. The number of hydrogen-bond donors (Lipinski definition) is 4. The van der Waals surface area contributed by atoms with Crippen LogP contribution in [0.3, 0.4) is 0 Å². The molecular formula is C21H31BN4O6. The number of phenols is 1. The van der Waals surface area contributed by atoms with Crippen molar-refractivity contribution in [1.29, 1.82) is 0 Å². The van der Waals surface area contributed by atoms with Crippen LogP contribution in [0.5, 0.6) is 11.5 Å². The third-order valence-corrected chi connectivity index (χ3v) is 6.19. The molecule has 2 aliphatic heterocycles. The van der Waals surface area contributed by atoms with Gasteiger partial charge < -0.3 is 30.9 Å². The lowest BCUT2D eigenvalue weighted by molar-refractivity contribution is -0.133. The summed E-state index contributed by atoms with van der Waals surface area (Å²) in [5, 5.41) is 22.5. The number of likely N-dealkylation sites (tertiary alicyclic amines) is 1. The molecule has 0 saturated carbocycles. The van der Waals surface area contributed by atoms with Crippen LogP contribution in [0.2, 0.25) is 6.32 Å². The molecular weight excluding hydrogens is 415 g/mol. The lowest BCUT2D eigenvalue weighted by atomic mass is 9.81. The van der Waals surface area contributed by atoms with E-state index >= 15 is 0 Å². The second-order valence-electron chi connectivity index (χ2n) is 9.52. The molecule has 0 aromatic heterocycles. The highest BCUT2D eigenvalue weighted by Crippen LogP contribution is 2.47. The molecule has 0 radical (unpaired) electrons. The Morgan fingerprint density at radius 1 is 1.38 bits per heavy atom. The molecule has 2 aliphatic rings. The van der Waals surface area contributed by atoms with Gasteiger partial charge in [0.05, 0.1) is 6.54 Å². The summed E-state index contributed by atoms with van der Waals surface area (Å²) in [4.78, 5) is 39.1. The molecule has 11 heteroatoms. The number of ether oxygens (including phenoxy) is 1. The van der Waals surface area contributed by atoms with Crippen LogP contribution in [0.25, 0.3) is 0 Å². The van der Waals surface area contributed by atoms with E-state index in [0.717, 1.165) is 13.6 Å². The lowest BCUT2D eigenvalue weighted by Crippen LogP contribution is -2.64. The van der Waals surface area contributed by atoms with Gasteiger partial charge in [-0.2, -0.15) is 0 Å². The van der Waals surface area contributed by atoms with Gasteiger partial charge in [0.15, 0.2) is 0 Å². The molecule has 10 nitrogen and oxygen atoms in total. The zero-order valence-electron chi connectivity index (χ0n) is 19.0. The molecule has 0 aliphatic carbocycles. The maximum Gasteiger partial charge on any atom is 0.343 e. The van der Waals surface area contributed by atoms with E-state index in [1.54, 1.807) is 33.2 Å².